The molecule has 0 N–H and O–H groups in total. The van der Waals surface area contributed by atoms with Crippen LogP contribution in [0.2, 0.25) is 0 Å². The molecule has 1 aliphatic heterocycles. The fourth-order valence-corrected chi connectivity index (χ4v) is 5.86. The van der Waals surface area contributed by atoms with Crippen molar-refractivity contribution in [1.82, 2.24) is 4.90 Å². The number of hydrogen-bond donors (Lipinski definition) is 0. The summed E-state index contributed by atoms with van der Waals surface area (Å²) in [5.74, 6) is 0.693. The first kappa shape index (κ1) is 22.3. The highest BCUT2D eigenvalue weighted by Gasteiger charge is 2.34. The van der Waals surface area contributed by atoms with E-state index >= 15 is 0 Å². The van der Waals surface area contributed by atoms with E-state index in [9.17, 15) is 13.2 Å². The van der Waals surface area contributed by atoms with Crippen LogP contribution in [0.5, 0.6) is 5.75 Å². The van der Waals surface area contributed by atoms with Gasteiger partial charge < -0.3 is 9.64 Å². The lowest BCUT2D eigenvalue weighted by Crippen LogP contribution is -2.43. The molecule has 1 amide bonds. The lowest BCUT2D eigenvalue weighted by atomic mass is 10.1. The number of hydrogen-bond acceptors (Lipinski definition) is 4. The second kappa shape index (κ2) is 9.21. The van der Waals surface area contributed by atoms with Crippen LogP contribution in [0.3, 0.4) is 0 Å². The number of amides is 1. The molecule has 0 radical (unpaired) electrons. The summed E-state index contributed by atoms with van der Waals surface area (Å²) in [6, 6.07) is 11.9. The van der Waals surface area contributed by atoms with Gasteiger partial charge in [0.1, 0.15) is 5.75 Å². The molecule has 1 atom stereocenters. The molecule has 0 aromatic heterocycles. The van der Waals surface area contributed by atoms with Crippen molar-refractivity contribution in [3.05, 3.63) is 64.2 Å². The van der Waals surface area contributed by atoms with Gasteiger partial charge in [0.25, 0.3) is 5.91 Å². The van der Waals surface area contributed by atoms with Crippen LogP contribution in [0.4, 0.5) is 0 Å². The molecule has 162 valence electrons. The maximum atomic E-state index is 13.1. The third-order valence-corrected chi connectivity index (χ3v) is 7.45. The average Bonchev–Trinajstić information content (AvgIpc) is 3.05. The molecule has 0 aliphatic carbocycles. The van der Waals surface area contributed by atoms with Crippen LogP contribution in [-0.2, 0) is 27.6 Å². The second-order valence-electron chi connectivity index (χ2n) is 8.27. The first-order valence-corrected chi connectivity index (χ1v) is 12.3. The largest absolute Gasteiger partial charge is 0.483 e. The second-order valence-corrected chi connectivity index (χ2v) is 10.5. The summed E-state index contributed by atoms with van der Waals surface area (Å²) in [4.78, 5) is 14.8. The Balaban J connectivity index is 1.77. The van der Waals surface area contributed by atoms with Crippen molar-refractivity contribution >= 4 is 15.7 Å². The number of aryl methyl sites for hydroxylation is 4. The van der Waals surface area contributed by atoms with E-state index in [1.807, 2.05) is 45.0 Å². The number of nitrogens with zero attached hydrogens (tertiary/aromatic N) is 1. The van der Waals surface area contributed by atoms with Crippen molar-refractivity contribution in [2.24, 2.45) is 0 Å². The number of ether oxygens (including phenoxy) is 1. The molecule has 6 heteroatoms. The number of carbonyl (C=O) groups is 1. The van der Waals surface area contributed by atoms with Gasteiger partial charge >= 0.3 is 0 Å². The van der Waals surface area contributed by atoms with Crippen molar-refractivity contribution in [2.75, 3.05) is 18.1 Å². The van der Waals surface area contributed by atoms with Crippen molar-refractivity contribution in [3.63, 3.8) is 0 Å². The summed E-state index contributed by atoms with van der Waals surface area (Å²) in [5, 5.41) is 0. The minimum Gasteiger partial charge on any atom is -0.483 e. The third-order valence-electron chi connectivity index (χ3n) is 5.70. The zero-order chi connectivity index (χ0) is 21.9. The highest BCUT2D eigenvalue weighted by molar-refractivity contribution is 7.91. The molecule has 0 bridgehead atoms. The van der Waals surface area contributed by atoms with Crippen LogP contribution < -0.4 is 4.74 Å². The molecule has 1 heterocycles. The summed E-state index contributed by atoms with van der Waals surface area (Å²) in [6.07, 6.45) is 1.43. The molecule has 3 rings (SSSR count). The summed E-state index contributed by atoms with van der Waals surface area (Å²) in [7, 11) is -3.10. The van der Waals surface area contributed by atoms with E-state index in [2.05, 4.69) is 19.1 Å². The van der Waals surface area contributed by atoms with Gasteiger partial charge in [0.05, 0.1) is 11.5 Å². The highest BCUT2D eigenvalue weighted by Crippen LogP contribution is 2.25. The van der Waals surface area contributed by atoms with Crippen molar-refractivity contribution < 1.29 is 17.9 Å². The summed E-state index contributed by atoms with van der Waals surface area (Å²) in [5.41, 5.74) is 5.36. The number of sulfone groups is 1. The Kier molecular flexibility index (Phi) is 6.86. The van der Waals surface area contributed by atoms with Gasteiger partial charge in [0.2, 0.25) is 0 Å². The Labute approximate surface area is 180 Å². The van der Waals surface area contributed by atoms with Crippen LogP contribution in [0.15, 0.2) is 36.4 Å². The van der Waals surface area contributed by atoms with E-state index in [-0.39, 0.29) is 30.1 Å². The Morgan fingerprint density at radius 3 is 2.20 bits per heavy atom. The maximum absolute atomic E-state index is 13.1. The first-order valence-electron chi connectivity index (χ1n) is 10.5. The van der Waals surface area contributed by atoms with Crippen LogP contribution in [0.1, 0.15) is 41.2 Å². The first-order chi connectivity index (χ1) is 14.2. The molecular weight excluding hydrogens is 398 g/mol. The Morgan fingerprint density at radius 1 is 1.07 bits per heavy atom. The van der Waals surface area contributed by atoms with Crippen LogP contribution in [-0.4, -0.2) is 43.4 Å². The van der Waals surface area contributed by atoms with Gasteiger partial charge in [-0.3, -0.25) is 4.79 Å². The van der Waals surface area contributed by atoms with Crippen molar-refractivity contribution in [2.45, 2.75) is 53.1 Å². The fourth-order valence-electron chi connectivity index (χ4n) is 4.13. The number of rotatable bonds is 7. The van der Waals surface area contributed by atoms with E-state index in [4.69, 9.17) is 4.74 Å². The predicted molar refractivity (Wildman–Crippen MR) is 120 cm³/mol. The number of benzene rings is 2. The zero-order valence-corrected chi connectivity index (χ0v) is 19.1. The molecule has 1 fully saturated rings. The zero-order valence-electron chi connectivity index (χ0n) is 18.3. The predicted octanol–water partition coefficient (Wildman–Crippen LogP) is 3.77. The van der Waals surface area contributed by atoms with Crippen molar-refractivity contribution in [1.29, 1.82) is 0 Å². The van der Waals surface area contributed by atoms with Gasteiger partial charge in [-0.2, -0.15) is 0 Å². The SMILES string of the molecule is CCc1ccc(CN(C(=O)COc2c(C)cc(C)cc2C)C2CCS(=O)(=O)C2)cc1. The Hall–Kier alpha value is -2.34. The lowest BCUT2D eigenvalue weighted by molar-refractivity contribution is -0.136. The van der Waals surface area contributed by atoms with Gasteiger partial charge in [-0.25, -0.2) is 8.42 Å². The van der Waals surface area contributed by atoms with Crippen LogP contribution in [0.25, 0.3) is 0 Å². The van der Waals surface area contributed by atoms with E-state index in [0.29, 0.717) is 13.0 Å². The molecule has 2 aromatic rings. The average molecular weight is 430 g/mol. The van der Waals surface area contributed by atoms with E-state index in [1.54, 1.807) is 4.90 Å². The summed E-state index contributed by atoms with van der Waals surface area (Å²) < 4.78 is 30.0. The topological polar surface area (TPSA) is 63.7 Å². The molecule has 0 spiro atoms. The monoisotopic (exact) mass is 429 g/mol. The minimum absolute atomic E-state index is 0.0222. The smallest absolute Gasteiger partial charge is 0.261 e. The van der Waals surface area contributed by atoms with E-state index in [1.165, 1.54) is 5.56 Å². The molecule has 1 aliphatic rings. The van der Waals surface area contributed by atoms with E-state index in [0.717, 1.165) is 34.4 Å². The van der Waals surface area contributed by atoms with E-state index < -0.39 is 9.84 Å². The van der Waals surface area contributed by atoms with Gasteiger partial charge in [0, 0.05) is 12.6 Å². The fraction of sp³-hybridized carbons (Fsp3) is 0.458. The Bertz CT molecular complexity index is 989. The molecule has 1 saturated heterocycles. The van der Waals surface area contributed by atoms with Gasteiger partial charge in [0.15, 0.2) is 16.4 Å². The standard InChI is InChI=1S/C24H31NO4S/c1-5-20-6-8-21(9-7-20)14-25(22-10-11-30(27,28)16-22)23(26)15-29-24-18(3)12-17(2)13-19(24)4/h6-9,12-13,22H,5,10-11,14-16H2,1-4H3. The Morgan fingerprint density at radius 2 is 1.67 bits per heavy atom. The third kappa shape index (κ3) is 5.42. The van der Waals surface area contributed by atoms with Crippen LogP contribution >= 0.6 is 0 Å². The summed E-state index contributed by atoms with van der Waals surface area (Å²) >= 11 is 0. The lowest BCUT2D eigenvalue weighted by Gasteiger charge is -2.29. The van der Waals surface area contributed by atoms with Gasteiger partial charge in [-0.05, 0) is 55.9 Å². The molecule has 1 unspecified atom stereocenters. The minimum atomic E-state index is -3.10. The summed E-state index contributed by atoms with van der Waals surface area (Å²) in [6.45, 7) is 8.35. The quantitative estimate of drug-likeness (QED) is 0.672. The van der Waals surface area contributed by atoms with Crippen LogP contribution in [0, 0.1) is 20.8 Å². The molecule has 0 saturated carbocycles. The highest BCUT2D eigenvalue weighted by atomic mass is 32.2. The molecule has 5 nitrogen and oxygen atoms in total. The van der Waals surface area contributed by atoms with Crippen molar-refractivity contribution in [3.8, 4) is 5.75 Å². The number of carbonyl (C=O) groups excluding carboxylic acids is 1. The van der Waals surface area contributed by atoms with Gasteiger partial charge in [-0.15, -0.1) is 0 Å². The molecule has 2 aromatic carbocycles. The molecule has 30 heavy (non-hydrogen) atoms. The normalized spacial score (nSPS) is 17.7. The maximum Gasteiger partial charge on any atom is 0.261 e. The molecular formula is C24H31NO4S. The van der Waals surface area contributed by atoms with Gasteiger partial charge in [-0.1, -0.05) is 48.9 Å².